The summed E-state index contributed by atoms with van der Waals surface area (Å²) in [5, 5.41) is 0. The minimum absolute atomic E-state index is 0.0282. The topological polar surface area (TPSA) is 68.5 Å². The molecule has 5 nitrogen and oxygen atoms in total. The Hall–Kier alpha value is -1.62. The molecular formula is C12H17N3O2. The Labute approximate surface area is 101 Å². The minimum atomic E-state index is -0.0282. The van der Waals surface area contributed by atoms with Crippen molar-refractivity contribution in [3.05, 3.63) is 24.0 Å². The molecule has 1 saturated heterocycles. The molecule has 2 heterocycles. The Bertz CT molecular complexity index is 383. The molecule has 17 heavy (non-hydrogen) atoms. The van der Waals surface area contributed by atoms with Gasteiger partial charge in [0.2, 0.25) is 0 Å². The second-order valence-electron chi connectivity index (χ2n) is 4.20. The number of amides is 1. The molecule has 1 fully saturated rings. The first-order chi connectivity index (χ1) is 8.20. The van der Waals surface area contributed by atoms with E-state index >= 15 is 0 Å². The highest BCUT2D eigenvalue weighted by Crippen LogP contribution is 2.15. The Balaban J connectivity index is 1.99. The van der Waals surface area contributed by atoms with Crippen LogP contribution in [0.15, 0.2) is 18.3 Å². The van der Waals surface area contributed by atoms with E-state index in [1.807, 2.05) is 4.90 Å². The monoisotopic (exact) mass is 235 g/mol. The molecule has 1 amide bonds. The van der Waals surface area contributed by atoms with Gasteiger partial charge in [-0.3, -0.25) is 4.79 Å². The molecule has 92 valence electrons. The second kappa shape index (κ2) is 5.14. The summed E-state index contributed by atoms with van der Waals surface area (Å²) in [5.74, 6) is -0.0282. The molecule has 0 aliphatic carbocycles. The molecule has 1 aliphatic rings. The van der Waals surface area contributed by atoms with Crippen LogP contribution in [0.2, 0.25) is 0 Å². The van der Waals surface area contributed by atoms with Gasteiger partial charge in [-0.1, -0.05) is 0 Å². The van der Waals surface area contributed by atoms with Crippen molar-refractivity contribution >= 4 is 11.6 Å². The van der Waals surface area contributed by atoms with Gasteiger partial charge in [0.15, 0.2) is 0 Å². The number of likely N-dealkylation sites (tertiary alicyclic amines) is 1. The number of methoxy groups -OCH3 is 1. The van der Waals surface area contributed by atoms with Crippen molar-refractivity contribution in [1.29, 1.82) is 0 Å². The Kier molecular flexibility index (Phi) is 3.58. The van der Waals surface area contributed by atoms with E-state index in [1.165, 1.54) is 6.20 Å². The van der Waals surface area contributed by atoms with E-state index in [-0.39, 0.29) is 12.0 Å². The molecule has 0 radical (unpaired) electrons. The average Bonchev–Trinajstić information content (AvgIpc) is 2.39. The van der Waals surface area contributed by atoms with Crippen LogP contribution in [0.5, 0.6) is 0 Å². The predicted molar refractivity (Wildman–Crippen MR) is 64.6 cm³/mol. The number of hydrogen-bond donors (Lipinski definition) is 1. The number of aromatic nitrogens is 1. The van der Waals surface area contributed by atoms with Gasteiger partial charge >= 0.3 is 0 Å². The number of piperidine rings is 1. The number of nitrogens with zero attached hydrogens (tertiary/aromatic N) is 2. The van der Waals surface area contributed by atoms with Crippen LogP contribution in [0.4, 0.5) is 5.69 Å². The second-order valence-corrected chi connectivity index (χ2v) is 4.20. The van der Waals surface area contributed by atoms with Gasteiger partial charge in [-0.05, 0) is 25.0 Å². The number of carbonyl (C=O) groups excluding carboxylic acids is 1. The summed E-state index contributed by atoms with van der Waals surface area (Å²) in [5.41, 5.74) is 6.56. The molecule has 1 aliphatic heterocycles. The summed E-state index contributed by atoms with van der Waals surface area (Å²) in [6.45, 7) is 1.45. The van der Waals surface area contributed by atoms with Gasteiger partial charge in [0.1, 0.15) is 5.69 Å². The van der Waals surface area contributed by atoms with Crippen LogP contribution in [0.1, 0.15) is 23.3 Å². The molecule has 0 bridgehead atoms. The Morgan fingerprint density at radius 2 is 2.18 bits per heavy atom. The highest BCUT2D eigenvalue weighted by atomic mass is 16.5. The quantitative estimate of drug-likeness (QED) is 0.827. The molecular weight excluding hydrogens is 218 g/mol. The molecule has 5 heteroatoms. The zero-order valence-electron chi connectivity index (χ0n) is 9.93. The lowest BCUT2D eigenvalue weighted by atomic mass is 10.1. The van der Waals surface area contributed by atoms with Crippen LogP contribution >= 0.6 is 0 Å². The zero-order valence-corrected chi connectivity index (χ0v) is 9.93. The van der Waals surface area contributed by atoms with Crippen LogP contribution in [0.3, 0.4) is 0 Å². The molecule has 1 aromatic heterocycles. The number of carbonyl (C=O) groups is 1. The molecule has 0 atom stereocenters. The molecule has 0 aromatic carbocycles. The van der Waals surface area contributed by atoms with Crippen LogP contribution in [-0.4, -0.2) is 42.1 Å². The van der Waals surface area contributed by atoms with Crippen LogP contribution < -0.4 is 5.73 Å². The number of nitrogens with two attached hydrogens (primary N) is 1. The van der Waals surface area contributed by atoms with Gasteiger partial charge in [0, 0.05) is 20.2 Å². The van der Waals surface area contributed by atoms with E-state index in [1.54, 1.807) is 19.2 Å². The number of nitrogen functional groups attached to an aromatic ring is 1. The number of rotatable bonds is 2. The lowest BCUT2D eigenvalue weighted by molar-refractivity contribution is 0.0347. The minimum Gasteiger partial charge on any atom is -0.397 e. The normalized spacial score (nSPS) is 17.1. The lowest BCUT2D eigenvalue weighted by Crippen LogP contribution is -2.40. The highest BCUT2D eigenvalue weighted by molar-refractivity contribution is 5.92. The van der Waals surface area contributed by atoms with E-state index in [4.69, 9.17) is 10.5 Å². The van der Waals surface area contributed by atoms with Gasteiger partial charge in [-0.2, -0.15) is 0 Å². The van der Waals surface area contributed by atoms with Gasteiger partial charge in [0.05, 0.1) is 18.0 Å². The van der Waals surface area contributed by atoms with Gasteiger partial charge in [-0.15, -0.1) is 0 Å². The molecule has 1 aromatic rings. The summed E-state index contributed by atoms with van der Waals surface area (Å²) in [6, 6.07) is 3.36. The fourth-order valence-electron chi connectivity index (χ4n) is 1.99. The summed E-state index contributed by atoms with van der Waals surface area (Å²) in [7, 11) is 1.71. The number of hydrogen-bond acceptors (Lipinski definition) is 4. The maximum absolute atomic E-state index is 12.1. The lowest BCUT2D eigenvalue weighted by Gasteiger charge is -2.30. The van der Waals surface area contributed by atoms with Crippen molar-refractivity contribution in [1.82, 2.24) is 9.88 Å². The third kappa shape index (κ3) is 2.74. The smallest absolute Gasteiger partial charge is 0.272 e. The summed E-state index contributed by atoms with van der Waals surface area (Å²) in [6.07, 6.45) is 3.56. The van der Waals surface area contributed by atoms with E-state index in [0.29, 0.717) is 11.4 Å². The van der Waals surface area contributed by atoms with Crippen molar-refractivity contribution in [2.75, 3.05) is 25.9 Å². The first kappa shape index (κ1) is 11.9. The van der Waals surface area contributed by atoms with Crippen molar-refractivity contribution in [3.63, 3.8) is 0 Å². The third-order valence-electron chi connectivity index (χ3n) is 3.07. The van der Waals surface area contributed by atoms with Crippen molar-refractivity contribution in [3.8, 4) is 0 Å². The molecule has 0 unspecified atom stereocenters. The molecule has 0 saturated carbocycles. The zero-order chi connectivity index (χ0) is 12.3. The maximum atomic E-state index is 12.1. The van der Waals surface area contributed by atoms with Gasteiger partial charge < -0.3 is 15.4 Å². The van der Waals surface area contributed by atoms with Crippen LogP contribution in [0, 0.1) is 0 Å². The first-order valence-corrected chi connectivity index (χ1v) is 5.74. The number of anilines is 1. The summed E-state index contributed by atoms with van der Waals surface area (Å²) < 4.78 is 5.27. The fourth-order valence-corrected chi connectivity index (χ4v) is 1.99. The average molecular weight is 235 g/mol. The largest absolute Gasteiger partial charge is 0.397 e. The highest BCUT2D eigenvalue weighted by Gasteiger charge is 2.23. The molecule has 2 rings (SSSR count). The standard InChI is InChI=1S/C12H17N3O2/c1-17-10-4-6-15(7-5-10)12(16)11-3-2-9(13)8-14-11/h2-3,8,10H,4-7,13H2,1H3. The molecule has 0 spiro atoms. The van der Waals surface area contributed by atoms with Gasteiger partial charge in [0.25, 0.3) is 5.91 Å². The van der Waals surface area contributed by atoms with Crippen LogP contribution in [0.25, 0.3) is 0 Å². The predicted octanol–water partition coefficient (Wildman–Crippen LogP) is 0.915. The Morgan fingerprint density at radius 1 is 1.47 bits per heavy atom. The third-order valence-corrected chi connectivity index (χ3v) is 3.07. The molecule has 2 N–H and O–H groups in total. The van der Waals surface area contributed by atoms with Gasteiger partial charge in [-0.25, -0.2) is 4.98 Å². The SMILES string of the molecule is COC1CCN(C(=O)c2ccc(N)cn2)CC1. The van der Waals surface area contributed by atoms with E-state index in [9.17, 15) is 4.79 Å². The van der Waals surface area contributed by atoms with E-state index in [2.05, 4.69) is 4.98 Å². The summed E-state index contributed by atoms with van der Waals surface area (Å²) >= 11 is 0. The van der Waals surface area contributed by atoms with E-state index < -0.39 is 0 Å². The van der Waals surface area contributed by atoms with Crippen molar-refractivity contribution < 1.29 is 9.53 Å². The maximum Gasteiger partial charge on any atom is 0.272 e. The summed E-state index contributed by atoms with van der Waals surface area (Å²) in [4.78, 5) is 17.9. The number of pyridine rings is 1. The first-order valence-electron chi connectivity index (χ1n) is 5.74. The van der Waals surface area contributed by atoms with E-state index in [0.717, 1.165) is 25.9 Å². The number of ether oxygens (including phenoxy) is 1. The van der Waals surface area contributed by atoms with Crippen molar-refractivity contribution in [2.45, 2.75) is 18.9 Å². The van der Waals surface area contributed by atoms with Crippen molar-refractivity contribution in [2.24, 2.45) is 0 Å². The fraction of sp³-hybridized carbons (Fsp3) is 0.500. The Morgan fingerprint density at radius 3 is 2.71 bits per heavy atom. The van der Waals surface area contributed by atoms with Crippen LogP contribution in [-0.2, 0) is 4.74 Å².